The molecule has 1 amide bonds. The molecule has 3 aromatic carbocycles. The second kappa shape index (κ2) is 11.2. The molecule has 0 saturated heterocycles. The first-order valence-corrected chi connectivity index (χ1v) is 10.8. The van der Waals surface area contributed by atoms with Crippen molar-refractivity contribution in [3.05, 3.63) is 97.1 Å². The van der Waals surface area contributed by atoms with Gasteiger partial charge in [0.2, 0.25) is 0 Å². The van der Waals surface area contributed by atoms with Crippen molar-refractivity contribution >= 4 is 40.4 Å². The Labute approximate surface area is 198 Å². The van der Waals surface area contributed by atoms with Crippen LogP contribution in [-0.2, 0) is 6.61 Å². The van der Waals surface area contributed by atoms with Crippen molar-refractivity contribution in [2.75, 3.05) is 6.61 Å². The number of nitrogens with zero attached hydrogens (tertiary/aromatic N) is 2. The summed E-state index contributed by atoms with van der Waals surface area (Å²) >= 11 is 2.14. The van der Waals surface area contributed by atoms with Crippen LogP contribution in [0.4, 0.5) is 5.69 Å². The Morgan fingerprint density at radius 3 is 2.50 bits per heavy atom. The minimum atomic E-state index is -0.441. The van der Waals surface area contributed by atoms with Gasteiger partial charge in [-0.1, -0.05) is 18.2 Å². The van der Waals surface area contributed by atoms with E-state index in [9.17, 15) is 14.9 Å². The number of hydrogen-bond acceptors (Lipinski definition) is 6. The van der Waals surface area contributed by atoms with Gasteiger partial charge in [-0.3, -0.25) is 14.9 Å². The zero-order chi connectivity index (χ0) is 22.9. The maximum absolute atomic E-state index is 12.1. The average Bonchev–Trinajstić information content (AvgIpc) is 2.79. The van der Waals surface area contributed by atoms with E-state index in [0.717, 1.165) is 14.7 Å². The van der Waals surface area contributed by atoms with Crippen LogP contribution in [0.3, 0.4) is 0 Å². The minimum Gasteiger partial charge on any atom is -0.490 e. The largest absolute Gasteiger partial charge is 0.490 e. The summed E-state index contributed by atoms with van der Waals surface area (Å²) in [4.78, 5) is 22.4. The predicted octanol–water partition coefficient (Wildman–Crippen LogP) is 4.94. The average molecular weight is 545 g/mol. The number of carbonyl (C=O) groups is 1. The molecule has 0 fully saturated rings. The Kier molecular flexibility index (Phi) is 8.14. The molecule has 32 heavy (non-hydrogen) atoms. The van der Waals surface area contributed by atoms with Crippen LogP contribution in [0.15, 0.2) is 71.8 Å². The number of amides is 1. The number of nitro benzene ring substituents is 1. The van der Waals surface area contributed by atoms with E-state index in [1.807, 2.05) is 19.1 Å². The number of non-ortho nitro benzene ring substituents is 1. The van der Waals surface area contributed by atoms with Crippen LogP contribution >= 0.6 is 22.6 Å². The Hall–Kier alpha value is -3.47. The highest BCUT2D eigenvalue weighted by molar-refractivity contribution is 14.1. The van der Waals surface area contributed by atoms with Gasteiger partial charge >= 0.3 is 0 Å². The second-order valence-corrected chi connectivity index (χ2v) is 7.70. The quantitative estimate of drug-likeness (QED) is 0.178. The molecule has 3 rings (SSSR count). The van der Waals surface area contributed by atoms with E-state index in [2.05, 4.69) is 33.1 Å². The van der Waals surface area contributed by atoms with Crippen LogP contribution in [0.2, 0.25) is 0 Å². The van der Waals surface area contributed by atoms with Crippen LogP contribution in [0.25, 0.3) is 0 Å². The van der Waals surface area contributed by atoms with Crippen LogP contribution in [0.1, 0.15) is 28.4 Å². The summed E-state index contributed by atoms with van der Waals surface area (Å²) in [6, 6.07) is 18.6. The molecular formula is C23H20IN3O5. The van der Waals surface area contributed by atoms with Gasteiger partial charge in [0, 0.05) is 17.7 Å². The minimum absolute atomic E-state index is 0.0290. The van der Waals surface area contributed by atoms with E-state index in [0.29, 0.717) is 23.7 Å². The van der Waals surface area contributed by atoms with Crippen molar-refractivity contribution in [3.8, 4) is 11.5 Å². The Balaban J connectivity index is 1.71. The van der Waals surface area contributed by atoms with Crippen LogP contribution in [0.5, 0.6) is 11.5 Å². The van der Waals surface area contributed by atoms with Gasteiger partial charge < -0.3 is 9.47 Å². The van der Waals surface area contributed by atoms with Crippen molar-refractivity contribution in [1.29, 1.82) is 0 Å². The van der Waals surface area contributed by atoms with Gasteiger partial charge in [0.15, 0.2) is 11.5 Å². The lowest BCUT2D eigenvalue weighted by Crippen LogP contribution is -2.17. The molecule has 0 aliphatic rings. The molecule has 9 heteroatoms. The Bertz CT molecular complexity index is 1120. The van der Waals surface area contributed by atoms with Gasteiger partial charge in [-0.2, -0.15) is 5.10 Å². The number of nitro groups is 1. The number of halogens is 1. The summed E-state index contributed by atoms with van der Waals surface area (Å²) in [5.41, 5.74) is 4.57. The summed E-state index contributed by atoms with van der Waals surface area (Å²) in [6.45, 7) is 2.54. The number of ether oxygens (including phenoxy) is 2. The highest BCUT2D eigenvalue weighted by Gasteiger charge is 2.13. The van der Waals surface area contributed by atoms with Gasteiger partial charge in [0.1, 0.15) is 6.61 Å². The zero-order valence-corrected chi connectivity index (χ0v) is 19.3. The summed E-state index contributed by atoms with van der Waals surface area (Å²) in [6.07, 6.45) is 1.53. The standard InChI is InChI=1S/C23H20IN3O5/c1-2-31-21-13-17(14-25-26-23(28)18-6-4-3-5-7-18)12-20(24)22(21)32-15-16-8-10-19(11-9-16)27(29)30/h3-14H,2,15H2,1H3,(H,26,28)/b25-14-. The number of nitrogens with one attached hydrogen (secondary N) is 1. The summed E-state index contributed by atoms with van der Waals surface area (Å²) < 4.78 is 12.5. The summed E-state index contributed by atoms with van der Waals surface area (Å²) in [5.74, 6) is 0.804. The molecule has 0 bridgehead atoms. The van der Waals surface area contributed by atoms with Gasteiger partial charge in [-0.25, -0.2) is 5.43 Å². The lowest BCUT2D eigenvalue weighted by atomic mass is 10.2. The third kappa shape index (κ3) is 6.27. The first kappa shape index (κ1) is 23.2. The highest BCUT2D eigenvalue weighted by Crippen LogP contribution is 2.34. The Morgan fingerprint density at radius 2 is 1.84 bits per heavy atom. The molecule has 0 aliphatic heterocycles. The molecule has 0 spiro atoms. The molecule has 1 N–H and O–H groups in total. The van der Waals surface area contributed by atoms with E-state index in [-0.39, 0.29) is 18.2 Å². The normalized spacial score (nSPS) is 10.7. The zero-order valence-electron chi connectivity index (χ0n) is 17.2. The van der Waals surface area contributed by atoms with Gasteiger partial charge in [-0.05, 0) is 77.0 Å². The van der Waals surface area contributed by atoms with Gasteiger partial charge in [0.05, 0.1) is 21.3 Å². The van der Waals surface area contributed by atoms with Crippen molar-refractivity contribution in [2.24, 2.45) is 5.10 Å². The molecule has 0 aromatic heterocycles. The molecule has 0 atom stereocenters. The Morgan fingerprint density at radius 1 is 1.12 bits per heavy atom. The van der Waals surface area contributed by atoms with E-state index < -0.39 is 4.92 Å². The maximum Gasteiger partial charge on any atom is 0.271 e. The lowest BCUT2D eigenvalue weighted by molar-refractivity contribution is -0.384. The third-order valence-electron chi connectivity index (χ3n) is 4.28. The predicted molar refractivity (Wildman–Crippen MR) is 129 cm³/mol. The smallest absolute Gasteiger partial charge is 0.271 e. The van der Waals surface area contributed by atoms with Crippen LogP contribution in [-0.4, -0.2) is 23.7 Å². The second-order valence-electron chi connectivity index (χ2n) is 6.54. The van der Waals surface area contributed by atoms with E-state index in [4.69, 9.17) is 9.47 Å². The molecule has 0 radical (unpaired) electrons. The lowest BCUT2D eigenvalue weighted by Gasteiger charge is -2.14. The highest BCUT2D eigenvalue weighted by atomic mass is 127. The molecule has 0 saturated carbocycles. The summed E-state index contributed by atoms with van der Waals surface area (Å²) in [7, 11) is 0. The van der Waals surface area contributed by atoms with Crippen molar-refractivity contribution in [2.45, 2.75) is 13.5 Å². The van der Waals surface area contributed by atoms with Crippen LogP contribution < -0.4 is 14.9 Å². The fourth-order valence-corrected chi connectivity index (χ4v) is 3.54. The maximum atomic E-state index is 12.1. The van der Waals surface area contributed by atoms with E-state index >= 15 is 0 Å². The molecule has 8 nitrogen and oxygen atoms in total. The fraction of sp³-hybridized carbons (Fsp3) is 0.130. The fourth-order valence-electron chi connectivity index (χ4n) is 2.75. The first-order chi connectivity index (χ1) is 15.5. The SMILES string of the molecule is CCOc1cc(/C=N\NC(=O)c2ccccc2)cc(I)c1OCc1ccc([N+](=O)[O-])cc1. The van der Waals surface area contributed by atoms with E-state index in [1.165, 1.54) is 18.3 Å². The van der Waals surface area contributed by atoms with Crippen molar-refractivity contribution in [1.82, 2.24) is 5.43 Å². The van der Waals surface area contributed by atoms with Crippen molar-refractivity contribution in [3.63, 3.8) is 0 Å². The van der Waals surface area contributed by atoms with Gasteiger partial charge in [-0.15, -0.1) is 0 Å². The molecule has 164 valence electrons. The number of hydrogen-bond donors (Lipinski definition) is 1. The van der Waals surface area contributed by atoms with Gasteiger partial charge in [0.25, 0.3) is 11.6 Å². The molecular weight excluding hydrogens is 525 g/mol. The monoisotopic (exact) mass is 545 g/mol. The third-order valence-corrected chi connectivity index (χ3v) is 5.08. The molecule has 0 heterocycles. The summed E-state index contributed by atoms with van der Waals surface area (Å²) in [5, 5.41) is 14.8. The first-order valence-electron chi connectivity index (χ1n) is 9.69. The van der Waals surface area contributed by atoms with Crippen molar-refractivity contribution < 1.29 is 19.2 Å². The molecule has 0 aliphatic carbocycles. The molecule has 0 unspecified atom stereocenters. The number of benzene rings is 3. The number of carbonyl (C=O) groups excluding carboxylic acids is 1. The van der Waals surface area contributed by atoms with Crippen LogP contribution in [0, 0.1) is 13.7 Å². The topological polar surface area (TPSA) is 103 Å². The number of rotatable bonds is 9. The van der Waals surface area contributed by atoms with E-state index in [1.54, 1.807) is 42.5 Å². The molecule has 3 aromatic rings. The number of hydrazone groups is 1.